The van der Waals surface area contributed by atoms with E-state index in [0.717, 1.165) is 48.6 Å². The van der Waals surface area contributed by atoms with Crippen molar-refractivity contribution >= 4 is 17.2 Å². The number of nitrogens with zero attached hydrogens (tertiary/aromatic N) is 3. The molecule has 1 aliphatic heterocycles. The number of aromatic nitrogens is 2. The minimum Gasteiger partial charge on any atom is -0.343 e. The van der Waals surface area contributed by atoms with Crippen LogP contribution in [0.15, 0.2) is 29.9 Å². The first-order valence-corrected chi connectivity index (χ1v) is 7.83. The number of carbonyl (C=O) groups is 1. The van der Waals surface area contributed by atoms with E-state index in [2.05, 4.69) is 9.97 Å². The molecule has 20 heavy (non-hydrogen) atoms. The molecule has 1 saturated heterocycles. The first kappa shape index (κ1) is 13.2. The zero-order valence-electron chi connectivity index (χ0n) is 11.3. The second-order valence-corrected chi connectivity index (χ2v) is 5.83. The van der Waals surface area contributed by atoms with Crippen LogP contribution in [0.25, 0.3) is 10.6 Å². The van der Waals surface area contributed by atoms with Crippen LogP contribution in [0.2, 0.25) is 0 Å². The minimum atomic E-state index is 0.262. The smallest absolute Gasteiger partial charge is 0.222 e. The molecular formula is C15H17N3OS. The van der Waals surface area contributed by atoms with Crippen LogP contribution < -0.4 is 0 Å². The van der Waals surface area contributed by atoms with Crippen LogP contribution in [0.1, 0.15) is 25.0 Å². The number of amides is 1. The largest absolute Gasteiger partial charge is 0.343 e. The first-order chi connectivity index (χ1) is 9.83. The Balaban J connectivity index is 1.59. The van der Waals surface area contributed by atoms with Gasteiger partial charge in [0, 0.05) is 42.8 Å². The van der Waals surface area contributed by atoms with Crippen LogP contribution in [-0.2, 0) is 11.2 Å². The van der Waals surface area contributed by atoms with Gasteiger partial charge in [-0.1, -0.05) is 0 Å². The van der Waals surface area contributed by atoms with Gasteiger partial charge in [0.15, 0.2) is 0 Å². The molecule has 2 aromatic heterocycles. The van der Waals surface area contributed by atoms with Crippen molar-refractivity contribution in [2.75, 3.05) is 13.1 Å². The predicted molar refractivity (Wildman–Crippen MR) is 79.5 cm³/mol. The lowest BCUT2D eigenvalue weighted by Gasteiger charge is -2.14. The second-order valence-electron chi connectivity index (χ2n) is 4.97. The summed E-state index contributed by atoms with van der Waals surface area (Å²) < 4.78 is 0. The summed E-state index contributed by atoms with van der Waals surface area (Å²) in [5.74, 6) is 0.262. The lowest BCUT2D eigenvalue weighted by molar-refractivity contribution is -0.130. The Bertz CT molecular complexity index is 576. The van der Waals surface area contributed by atoms with Gasteiger partial charge >= 0.3 is 0 Å². The quantitative estimate of drug-likeness (QED) is 0.868. The van der Waals surface area contributed by atoms with Crippen molar-refractivity contribution in [2.45, 2.75) is 25.7 Å². The highest BCUT2D eigenvalue weighted by atomic mass is 32.1. The number of hydrogen-bond acceptors (Lipinski definition) is 4. The third-order valence-corrected chi connectivity index (χ3v) is 4.45. The van der Waals surface area contributed by atoms with Gasteiger partial charge in [0.05, 0.1) is 5.69 Å². The summed E-state index contributed by atoms with van der Waals surface area (Å²) in [5, 5.41) is 3.02. The van der Waals surface area contributed by atoms with E-state index < -0.39 is 0 Å². The molecule has 0 aliphatic carbocycles. The van der Waals surface area contributed by atoms with Crippen LogP contribution >= 0.6 is 11.3 Å². The second kappa shape index (κ2) is 6.13. The van der Waals surface area contributed by atoms with Crippen molar-refractivity contribution in [3.8, 4) is 10.6 Å². The summed E-state index contributed by atoms with van der Waals surface area (Å²) in [7, 11) is 0. The highest BCUT2D eigenvalue weighted by Gasteiger charge is 2.17. The fourth-order valence-corrected chi connectivity index (χ4v) is 3.25. The summed E-state index contributed by atoms with van der Waals surface area (Å²) in [5.41, 5.74) is 2.04. The summed E-state index contributed by atoms with van der Waals surface area (Å²) in [6.07, 6.45) is 7.16. The molecule has 5 heteroatoms. The van der Waals surface area contributed by atoms with Crippen molar-refractivity contribution in [3.63, 3.8) is 0 Å². The highest BCUT2D eigenvalue weighted by Crippen LogP contribution is 2.23. The molecule has 0 N–H and O–H groups in total. The van der Waals surface area contributed by atoms with E-state index in [9.17, 15) is 4.79 Å². The van der Waals surface area contributed by atoms with E-state index in [1.54, 1.807) is 17.5 Å². The zero-order chi connectivity index (χ0) is 13.8. The maximum absolute atomic E-state index is 12.0. The molecule has 0 bridgehead atoms. The fraction of sp³-hybridized carbons (Fsp3) is 0.400. The fourth-order valence-electron chi connectivity index (χ4n) is 2.40. The number of hydrogen-bond donors (Lipinski definition) is 0. The molecule has 0 aromatic carbocycles. The van der Waals surface area contributed by atoms with Crippen LogP contribution in [0.4, 0.5) is 0 Å². The van der Waals surface area contributed by atoms with E-state index in [0.29, 0.717) is 6.42 Å². The van der Waals surface area contributed by atoms with E-state index >= 15 is 0 Å². The standard InChI is InChI=1S/C15H17N3OS/c19-14(18-8-1-2-9-18)6-5-13-11-20-15(17-13)12-4-3-7-16-10-12/h3-4,7,10-11H,1-2,5-6,8-9H2. The zero-order valence-corrected chi connectivity index (χ0v) is 12.1. The molecule has 1 amide bonds. The van der Waals surface area contributed by atoms with Crippen molar-refractivity contribution in [1.29, 1.82) is 0 Å². The number of thiazole rings is 1. The Labute approximate surface area is 122 Å². The minimum absolute atomic E-state index is 0.262. The number of rotatable bonds is 4. The van der Waals surface area contributed by atoms with Crippen molar-refractivity contribution in [1.82, 2.24) is 14.9 Å². The summed E-state index contributed by atoms with van der Waals surface area (Å²) in [4.78, 5) is 22.6. The van der Waals surface area contributed by atoms with Crippen LogP contribution in [0.3, 0.4) is 0 Å². The molecule has 2 aromatic rings. The Morgan fingerprint density at radius 2 is 2.20 bits per heavy atom. The Morgan fingerprint density at radius 3 is 2.95 bits per heavy atom. The molecule has 0 spiro atoms. The van der Waals surface area contributed by atoms with E-state index in [4.69, 9.17) is 0 Å². The highest BCUT2D eigenvalue weighted by molar-refractivity contribution is 7.13. The summed E-state index contributed by atoms with van der Waals surface area (Å²) in [6.45, 7) is 1.85. The van der Waals surface area contributed by atoms with Gasteiger partial charge < -0.3 is 4.90 Å². The monoisotopic (exact) mass is 287 g/mol. The lowest BCUT2D eigenvalue weighted by atomic mass is 10.2. The van der Waals surface area contributed by atoms with Crippen LogP contribution in [0, 0.1) is 0 Å². The van der Waals surface area contributed by atoms with Gasteiger partial charge in [-0.3, -0.25) is 9.78 Å². The van der Waals surface area contributed by atoms with Gasteiger partial charge in [-0.15, -0.1) is 11.3 Å². The van der Waals surface area contributed by atoms with E-state index in [1.165, 1.54) is 0 Å². The SMILES string of the molecule is O=C(CCc1csc(-c2cccnc2)n1)N1CCCC1. The molecule has 0 saturated carbocycles. The molecular weight excluding hydrogens is 270 g/mol. The third-order valence-electron chi connectivity index (χ3n) is 3.51. The van der Waals surface area contributed by atoms with Gasteiger partial charge in [-0.2, -0.15) is 0 Å². The molecule has 3 heterocycles. The average Bonchev–Trinajstić information content (AvgIpc) is 3.17. The van der Waals surface area contributed by atoms with E-state index in [-0.39, 0.29) is 5.91 Å². The lowest BCUT2D eigenvalue weighted by Crippen LogP contribution is -2.27. The van der Waals surface area contributed by atoms with Gasteiger partial charge in [0.1, 0.15) is 5.01 Å². The molecule has 0 atom stereocenters. The Kier molecular flexibility index (Phi) is 4.06. The van der Waals surface area contributed by atoms with Crippen molar-refractivity contribution in [3.05, 3.63) is 35.6 Å². The van der Waals surface area contributed by atoms with Gasteiger partial charge in [0.25, 0.3) is 0 Å². The number of carbonyl (C=O) groups excluding carboxylic acids is 1. The van der Waals surface area contributed by atoms with Crippen LogP contribution in [0.5, 0.6) is 0 Å². The maximum atomic E-state index is 12.0. The summed E-state index contributed by atoms with van der Waals surface area (Å²) in [6, 6.07) is 3.91. The molecule has 3 rings (SSSR count). The Morgan fingerprint density at radius 1 is 1.35 bits per heavy atom. The van der Waals surface area contributed by atoms with E-state index in [1.807, 2.05) is 28.6 Å². The molecule has 0 radical (unpaired) electrons. The summed E-state index contributed by atoms with van der Waals surface area (Å²) >= 11 is 1.61. The van der Waals surface area contributed by atoms with Crippen LogP contribution in [-0.4, -0.2) is 33.9 Å². The number of aryl methyl sites for hydroxylation is 1. The number of pyridine rings is 1. The maximum Gasteiger partial charge on any atom is 0.222 e. The van der Waals surface area contributed by atoms with Gasteiger partial charge in [-0.05, 0) is 31.4 Å². The topological polar surface area (TPSA) is 46.1 Å². The number of likely N-dealkylation sites (tertiary alicyclic amines) is 1. The third kappa shape index (κ3) is 3.04. The van der Waals surface area contributed by atoms with Crippen molar-refractivity contribution in [2.24, 2.45) is 0 Å². The van der Waals surface area contributed by atoms with Gasteiger partial charge in [-0.25, -0.2) is 4.98 Å². The van der Waals surface area contributed by atoms with Crippen molar-refractivity contribution < 1.29 is 4.79 Å². The average molecular weight is 287 g/mol. The van der Waals surface area contributed by atoms with Gasteiger partial charge in [0.2, 0.25) is 5.91 Å². The molecule has 0 unspecified atom stereocenters. The predicted octanol–water partition coefficient (Wildman–Crippen LogP) is 2.76. The molecule has 104 valence electrons. The Hall–Kier alpha value is -1.75. The molecule has 4 nitrogen and oxygen atoms in total. The molecule has 1 fully saturated rings. The first-order valence-electron chi connectivity index (χ1n) is 6.95. The normalized spacial score (nSPS) is 14.7. The molecule has 1 aliphatic rings.